The number of para-hydroxylation sites is 1. The van der Waals surface area contributed by atoms with Gasteiger partial charge >= 0.3 is 0 Å². The molecule has 0 bridgehead atoms. The van der Waals surface area contributed by atoms with Crippen molar-refractivity contribution in [2.24, 2.45) is 0 Å². The predicted molar refractivity (Wildman–Crippen MR) is 56.0 cm³/mol. The van der Waals surface area contributed by atoms with E-state index in [1.165, 1.54) is 12.1 Å². The molecule has 1 aromatic carbocycles. The van der Waals surface area contributed by atoms with Crippen LogP contribution in [0.2, 0.25) is 0 Å². The SMILES string of the molecule is C=C[C](C)c1cccc(C#N)c1[N+](=O)[O-]. The molecule has 1 rings (SSSR count). The molecular formula is C11H9N2O2. The standard InChI is InChI=1S/C11H9N2O2/c1-3-8(2)10-6-4-5-9(7-12)11(10)13(14)15/h3-6H,1H2,2H3. The Bertz CT molecular complexity index is 446. The molecule has 15 heavy (non-hydrogen) atoms. The Morgan fingerprint density at radius 3 is 2.80 bits per heavy atom. The Hall–Kier alpha value is -2.15. The fourth-order valence-electron chi connectivity index (χ4n) is 1.26. The minimum Gasteiger partial charge on any atom is -0.258 e. The number of rotatable bonds is 3. The van der Waals surface area contributed by atoms with Gasteiger partial charge in [0, 0.05) is 11.5 Å². The van der Waals surface area contributed by atoms with Crippen molar-refractivity contribution < 1.29 is 4.92 Å². The van der Waals surface area contributed by atoms with E-state index in [0.717, 1.165) is 0 Å². The third-order valence-corrected chi connectivity index (χ3v) is 2.07. The van der Waals surface area contributed by atoms with E-state index in [0.29, 0.717) is 11.5 Å². The van der Waals surface area contributed by atoms with Crippen LogP contribution in [-0.2, 0) is 0 Å². The Kier molecular flexibility index (Phi) is 3.19. The molecule has 1 radical (unpaired) electrons. The molecule has 0 aliphatic heterocycles. The highest BCUT2D eigenvalue weighted by Crippen LogP contribution is 2.29. The smallest absolute Gasteiger partial charge is 0.258 e. The molecule has 0 N–H and O–H groups in total. The predicted octanol–water partition coefficient (Wildman–Crippen LogP) is 2.59. The average Bonchev–Trinajstić information content (AvgIpc) is 2.26. The van der Waals surface area contributed by atoms with Crippen molar-refractivity contribution in [3.8, 4) is 6.07 Å². The Morgan fingerprint density at radius 2 is 2.33 bits per heavy atom. The summed E-state index contributed by atoms with van der Waals surface area (Å²) in [4.78, 5) is 10.3. The van der Waals surface area contributed by atoms with E-state index in [4.69, 9.17) is 5.26 Å². The van der Waals surface area contributed by atoms with Crippen LogP contribution < -0.4 is 0 Å². The summed E-state index contributed by atoms with van der Waals surface area (Å²) in [5, 5.41) is 19.6. The zero-order valence-electron chi connectivity index (χ0n) is 8.23. The number of nitriles is 1. The summed E-state index contributed by atoms with van der Waals surface area (Å²) in [6.07, 6.45) is 1.53. The van der Waals surface area contributed by atoms with Crippen LogP contribution in [0.1, 0.15) is 18.1 Å². The molecule has 0 saturated heterocycles. The highest BCUT2D eigenvalue weighted by Gasteiger charge is 2.21. The first-order valence-corrected chi connectivity index (χ1v) is 4.25. The van der Waals surface area contributed by atoms with Gasteiger partial charge in [0.1, 0.15) is 11.6 Å². The summed E-state index contributed by atoms with van der Waals surface area (Å²) in [5.74, 6) is 0.679. The molecule has 75 valence electrons. The van der Waals surface area contributed by atoms with Crippen LogP contribution in [0.4, 0.5) is 5.69 Å². The topological polar surface area (TPSA) is 66.9 Å². The number of allylic oxidation sites excluding steroid dienone is 1. The van der Waals surface area contributed by atoms with E-state index in [1.807, 2.05) is 0 Å². The van der Waals surface area contributed by atoms with Gasteiger partial charge in [0.25, 0.3) is 5.69 Å². The van der Waals surface area contributed by atoms with Gasteiger partial charge in [0.15, 0.2) is 0 Å². The molecule has 4 nitrogen and oxygen atoms in total. The lowest BCUT2D eigenvalue weighted by molar-refractivity contribution is -0.385. The Morgan fingerprint density at radius 1 is 1.67 bits per heavy atom. The first-order valence-electron chi connectivity index (χ1n) is 4.25. The van der Waals surface area contributed by atoms with Crippen LogP contribution >= 0.6 is 0 Å². The monoisotopic (exact) mass is 201 g/mol. The van der Waals surface area contributed by atoms with Gasteiger partial charge in [-0.15, -0.1) is 6.58 Å². The Balaban J connectivity index is 3.46. The minimum absolute atomic E-state index is 0.0682. The lowest BCUT2D eigenvalue weighted by Crippen LogP contribution is -2.00. The van der Waals surface area contributed by atoms with Crippen LogP contribution in [0, 0.1) is 27.4 Å². The normalized spacial score (nSPS) is 9.67. The van der Waals surface area contributed by atoms with E-state index >= 15 is 0 Å². The van der Waals surface area contributed by atoms with Gasteiger partial charge in [0.2, 0.25) is 0 Å². The van der Waals surface area contributed by atoms with Gasteiger partial charge in [-0.25, -0.2) is 0 Å². The summed E-state index contributed by atoms with van der Waals surface area (Å²) < 4.78 is 0. The summed E-state index contributed by atoms with van der Waals surface area (Å²) >= 11 is 0. The second kappa shape index (κ2) is 4.38. The quantitative estimate of drug-likeness (QED) is 0.557. The molecule has 0 unspecified atom stereocenters. The number of nitro groups is 1. The zero-order chi connectivity index (χ0) is 11.4. The number of nitro benzene ring substituents is 1. The second-order valence-corrected chi connectivity index (χ2v) is 2.96. The van der Waals surface area contributed by atoms with Crippen molar-refractivity contribution in [3.05, 3.63) is 58.0 Å². The largest absolute Gasteiger partial charge is 0.291 e. The molecule has 0 heterocycles. The number of hydrogen-bond acceptors (Lipinski definition) is 3. The average molecular weight is 201 g/mol. The lowest BCUT2D eigenvalue weighted by atomic mass is 9.97. The van der Waals surface area contributed by atoms with Crippen LogP contribution in [0.5, 0.6) is 0 Å². The third-order valence-electron chi connectivity index (χ3n) is 2.07. The first kappa shape index (κ1) is 10.9. The fraction of sp³-hybridized carbons (Fsp3) is 0.0909. The Labute approximate surface area is 87.6 Å². The van der Waals surface area contributed by atoms with Gasteiger partial charge in [0.05, 0.1) is 4.92 Å². The van der Waals surface area contributed by atoms with Crippen molar-refractivity contribution >= 4 is 5.69 Å². The summed E-state index contributed by atoms with van der Waals surface area (Å²) in [7, 11) is 0. The second-order valence-electron chi connectivity index (χ2n) is 2.96. The molecule has 0 fully saturated rings. The van der Waals surface area contributed by atoms with Gasteiger partial charge in [-0.2, -0.15) is 5.26 Å². The molecule has 0 aliphatic rings. The van der Waals surface area contributed by atoms with E-state index in [-0.39, 0.29) is 11.3 Å². The van der Waals surface area contributed by atoms with Gasteiger partial charge in [-0.1, -0.05) is 25.1 Å². The number of hydrogen-bond donors (Lipinski definition) is 0. The van der Waals surface area contributed by atoms with Gasteiger partial charge < -0.3 is 0 Å². The van der Waals surface area contributed by atoms with E-state index in [2.05, 4.69) is 6.58 Å². The highest BCUT2D eigenvalue weighted by molar-refractivity contribution is 5.59. The summed E-state index contributed by atoms with van der Waals surface area (Å²) in [6, 6.07) is 6.46. The molecule has 4 heteroatoms. The highest BCUT2D eigenvalue weighted by atomic mass is 16.6. The molecule has 0 amide bonds. The number of nitrogens with zero attached hydrogens (tertiary/aromatic N) is 2. The zero-order valence-corrected chi connectivity index (χ0v) is 8.23. The van der Waals surface area contributed by atoms with E-state index < -0.39 is 4.92 Å². The molecular weight excluding hydrogens is 192 g/mol. The van der Waals surface area contributed by atoms with Crippen molar-refractivity contribution in [3.63, 3.8) is 0 Å². The molecule has 0 aliphatic carbocycles. The first-order chi connectivity index (χ1) is 7.11. The molecule has 0 spiro atoms. The molecule has 0 saturated carbocycles. The number of benzene rings is 1. The van der Waals surface area contributed by atoms with Crippen LogP contribution in [0.3, 0.4) is 0 Å². The maximum Gasteiger partial charge on any atom is 0.291 e. The van der Waals surface area contributed by atoms with Crippen molar-refractivity contribution in [1.82, 2.24) is 0 Å². The van der Waals surface area contributed by atoms with Gasteiger partial charge in [-0.3, -0.25) is 10.1 Å². The molecule has 0 aromatic heterocycles. The minimum atomic E-state index is -0.541. The van der Waals surface area contributed by atoms with Crippen molar-refractivity contribution in [1.29, 1.82) is 5.26 Å². The molecule has 0 atom stereocenters. The third kappa shape index (κ3) is 2.02. The van der Waals surface area contributed by atoms with Crippen molar-refractivity contribution in [2.45, 2.75) is 6.92 Å². The van der Waals surface area contributed by atoms with Crippen LogP contribution in [-0.4, -0.2) is 4.92 Å². The van der Waals surface area contributed by atoms with E-state index in [1.54, 1.807) is 25.1 Å². The maximum absolute atomic E-state index is 10.8. The lowest BCUT2D eigenvalue weighted by Gasteiger charge is -2.06. The summed E-state index contributed by atoms with van der Waals surface area (Å²) in [5.41, 5.74) is 0.352. The maximum atomic E-state index is 10.8. The van der Waals surface area contributed by atoms with Crippen LogP contribution in [0.25, 0.3) is 0 Å². The summed E-state index contributed by atoms with van der Waals surface area (Å²) in [6.45, 7) is 5.27. The van der Waals surface area contributed by atoms with Crippen molar-refractivity contribution in [2.75, 3.05) is 0 Å². The van der Waals surface area contributed by atoms with E-state index in [9.17, 15) is 10.1 Å². The fourth-order valence-corrected chi connectivity index (χ4v) is 1.26. The molecule has 1 aromatic rings. The van der Waals surface area contributed by atoms with Crippen LogP contribution in [0.15, 0.2) is 30.9 Å². The van der Waals surface area contributed by atoms with Gasteiger partial charge in [-0.05, 0) is 6.07 Å².